The summed E-state index contributed by atoms with van der Waals surface area (Å²) in [6.45, 7) is 11.0. The van der Waals surface area contributed by atoms with Gasteiger partial charge in [0.15, 0.2) is 0 Å². The summed E-state index contributed by atoms with van der Waals surface area (Å²) in [6.07, 6.45) is 5.31. The fourth-order valence-corrected chi connectivity index (χ4v) is 4.13. The summed E-state index contributed by atoms with van der Waals surface area (Å²) < 4.78 is 5.59. The van der Waals surface area contributed by atoms with E-state index in [2.05, 4.69) is 50.0 Å². The van der Waals surface area contributed by atoms with Gasteiger partial charge in [-0.2, -0.15) is 0 Å². The number of nitrogens with zero attached hydrogens (tertiary/aromatic N) is 2. The number of aromatic amines is 1. The van der Waals surface area contributed by atoms with E-state index in [1.165, 1.54) is 6.42 Å². The van der Waals surface area contributed by atoms with E-state index in [0.717, 1.165) is 41.5 Å². The van der Waals surface area contributed by atoms with E-state index in [4.69, 9.17) is 4.74 Å². The third-order valence-electron chi connectivity index (χ3n) is 6.27. The number of carbonyl (C=O) groups excluding carboxylic acids is 1. The number of nitrogens with one attached hydrogen (secondary N) is 1. The molecule has 1 unspecified atom stereocenters. The summed E-state index contributed by atoms with van der Waals surface area (Å²) in [7, 11) is 0. The van der Waals surface area contributed by atoms with Crippen molar-refractivity contribution in [2.45, 2.75) is 78.6 Å². The number of rotatable bonds is 10. The molecule has 0 saturated carbocycles. The number of phenolic OH excluding ortho intramolecular Hbond substituents is 1. The van der Waals surface area contributed by atoms with Gasteiger partial charge in [0.2, 0.25) is 0 Å². The minimum absolute atomic E-state index is 0.171. The summed E-state index contributed by atoms with van der Waals surface area (Å²) in [5, 5.41) is 22.2. The normalized spacial score (nSPS) is 12.8. The van der Waals surface area contributed by atoms with Gasteiger partial charge in [-0.25, -0.2) is 0 Å². The van der Waals surface area contributed by atoms with Crippen LogP contribution >= 0.6 is 0 Å². The van der Waals surface area contributed by atoms with Crippen molar-refractivity contribution >= 4 is 17.0 Å². The Morgan fingerprint density at radius 2 is 1.97 bits per heavy atom. The predicted molar refractivity (Wildman–Crippen MR) is 132 cm³/mol. The number of hydrogen-bond acceptors (Lipinski definition) is 5. The zero-order chi connectivity index (χ0) is 24.0. The number of esters is 1. The Kier molecular flexibility index (Phi) is 8.11. The molecule has 0 bridgehead atoms. The number of carbonyl (C=O) groups is 1. The molecule has 1 atom stereocenters. The SMILES string of the molecule is CCCCC(CC)COC(=O)CCc1cc(-c2cccc3[nH]nnc23)c(O)c(C(C)(C)C)c1. The van der Waals surface area contributed by atoms with E-state index in [0.29, 0.717) is 36.4 Å². The van der Waals surface area contributed by atoms with E-state index >= 15 is 0 Å². The van der Waals surface area contributed by atoms with Crippen molar-refractivity contribution in [2.24, 2.45) is 5.92 Å². The molecule has 6 heteroatoms. The number of unbranched alkanes of at least 4 members (excludes halogenated alkanes) is 1. The standard InChI is InChI=1S/C27H37N3O3/c1-6-8-10-18(7-2)17-33-24(31)14-13-19-15-21(26(32)22(16-19)27(3,4)5)20-11-9-12-23-25(20)29-30-28-23/h9,11-12,15-16,18,32H,6-8,10,13-14,17H2,1-5H3,(H,28,29,30). The lowest BCUT2D eigenvalue weighted by Crippen LogP contribution is -2.15. The predicted octanol–water partition coefficient (Wildman–Crippen LogP) is 6.32. The van der Waals surface area contributed by atoms with Crippen molar-refractivity contribution in [3.8, 4) is 16.9 Å². The molecule has 2 N–H and O–H groups in total. The number of aromatic hydroxyl groups is 1. The van der Waals surface area contributed by atoms with Crippen molar-refractivity contribution in [3.05, 3.63) is 41.5 Å². The summed E-state index contributed by atoms with van der Waals surface area (Å²) in [5.74, 6) is 0.506. The Bertz CT molecular complexity index is 1080. The summed E-state index contributed by atoms with van der Waals surface area (Å²) in [4.78, 5) is 12.5. The summed E-state index contributed by atoms with van der Waals surface area (Å²) >= 11 is 0. The molecule has 6 nitrogen and oxygen atoms in total. The first kappa shape index (κ1) is 24.7. The van der Waals surface area contributed by atoms with Crippen LogP contribution < -0.4 is 0 Å². The third-order valence-corrected chi connectivity index (χ3v) is 6.27. The Labute approximate surface area is 196 Å². The second kappa shape index (κ2) is 10.8. The second-order valence-corrected chi connectivity index (χ2v) is 9.90. The van der Waals surface area contributed by atoms with Crippen LogP contribution in [0.3, 0.4) is 0 Å². The van der Waals surface area contributed by atoms with Crippen molar-refractivity contribution in [2.75, 3.05) is 6.61 Å². The Balaban J connectivity index is 1.82. The number of fused-ring (bicyclic) bond motifs is 1. The monoisotopic (exact) mass is 451 g/mol. The minimum atomic E-state index is -0.263. The average molecular weight is 452 g/mol. The highest BCUT2D eigenvalue weighted by molar-refractivity contribution is 5.93. The highest BCUT2D eigenvalue weighted by atomic mass is 16.5. The molecule has 2 aromatic carbocycles. The van der Waals surface area contributed by atoms with Crippen LogP contribution in [0.15, 0.2) is 30.3 Å². The van der Waals surface area contributed by atoms with Crippen LogP contribution in [-0.2, 0) is 21.4 Å². The van der Waals surface area contributed by atoms with Crippen molar-refractivity contribution in [3.63, 3.8) is 0 Å². The van der Waals surface area contributed by atoms with E-state index in [9.17, 15) is 9.90 Å². The van der Waals surface area contributed by atoms with Gasteiger partial charge in [0.1, 0.15) is 11.3 Å². The molecule has 0 fully saturated rings. The Hall–Kier alpha value is -2.89. The van der Waals surface area contributed by atoms with Crippen molar-refractivity contribution in [1.82, 2.24) is 15.4 Å². The molecule has 0 aliphatic rings. The molecule has 0 aliphatic carbocycles. The largest absolute Gasteiger partial charge is 0.507 e. The third kappa shape index (κ3) is 6.12. The van der Waals surface area contributed by atoms with Crippen LogP contribution in [0.2, 0.25) is 0 Å². The Morgan fingerprint density at radius 3 is 2.67 bits per heavy atom. The molecular weight excluding hydrogens is 414 g/mol. The minimum Gasteiger partial charge on any atom is -0.507 e. The van der Waals surface area contributed by atoms with Gasteiger partial charge in [-0.1, -0.05) is 77.3 Å². The molecule has 0 aliphatic heterocycles. The molecule has 3 rings (SSSR count). The van der Waals surface area contributed by atoms with Gasteiger partial charge in [0, 0.05) is 23.1 Å². The van der Waals surface area contributed by atoms with Crippen LogP contribution in [0.1, 0.15) is 77.8 Å². The molecule has 1 aromatic heterocycles. The number of ether oxygens (including phenoxy) is 1. The van der Waals surface area contributed by atoms with Gasteiger partial charge in [-0.15, -0.1) is 5.10 Å². The number of phenols is 1. The van der Waals surface area contributed by atoms with Crippen molar-refractivity contribution in [1.29, 1.82) is 0 Å². The molecule has 0 spiro atoms. The van der Waals surface area contributed by atoms with Crippen LogP contribution in [0.5, 0.6) is 5.75 Å². The molecule has 0 amide bonds. The first-order valence-electron chi connectivity index (χ1n) is 12.1. The van der Waals surface area contributed by atoms with Crippen molar-refractivity contribution < 1.29 is 14.6 Å². The quantitative estimate of drug-likeness (QED) is 0.352. The summed E-state index contributed by atoms with van der Waals surface area (Å²) in [5.41, 5.74) is 4.61. The highest BCUT2D eigenvalue weighted by Gasteiger charge is 2.23. The number of hydrogen-bond donors (Lipinski definition) is 2. The summed E-state index contributed by atoms with van der Waals surface area (Å²) in [6, 6.07) is 9.72. The molecule has 0 radical (unpaired) electrons. The lowest BCUT2D eigenvalue weighted by molar-refractivity contribution is -0.145. The first-order chi connectivity index (χ1) is 15.7. The van der Waals surface area contributed by atoms with Gasteiger partial charge in [0.25, 0.3) is 0 Å². The molecule has 0 saturated heterocycles. The van der Waals surface area contributed by atoms with E-state index in [1.54, 1.807) is 0 Å². The maximum absolute atomic E-state index is 12.5. The maximum Gasteiger partial charge on any atom is 0.306 e. The number of H-pyrrole nitrogens is 1. The van der Waals surface area contributed by atoms with E-state index < -0.39 is 0 Å². The lowest BCUT2D eigenvalue weighted by Gasteiger charge is -2.23. The van der Waals surface area contributed by atoms with Gasteiger partial charge >= 0.3 is 5.97 Å². The van der Waals surface area contributed by atoms with Gasteiger partial charge in [0.05, 0.1) is 12.1 Å². The maximum atomic E-state index is 12.5. The fourth-order valence-electron chi connectivity index (χ4n) is 4.13. The average Bonchev–Trinajstić information content (AvgIpc) is 3.27. The van der Waals surface area contributed by atoms with Crippen LogP contribution in [0.25, 0.3) is 22.2 Å². The number of aromatic nitrogens is 3. The van der Waals surface area contributed by atoms with Crippen LogP contribution in [0.4, 0.5) is 0 Å². The lowest BCUT2D eigenvalue weighted by atomic mass is 9.82. The molecule has 33 heavy (non-hydrogen) atoms. The topological polar surface area (TPSA) is 88.1 Å². The first-order valence-corrected chi connectivity index (χ1v) is 12.1. The zero-order valence-electron chi connectivity index (χ0n) is 20.6. The number of benzene rings is 2. The van der Waals surface area contributed by atoms with Gasteiger partial charge < -0.3 is 9.84 Å². The molecular formula is C27H37N3O3. The molecule has 178 valence electrons. The smallest absolute Gasteiger partial charge is 0.306 e. The van der Waals surface area contributed by atoms with E-state index in [-0.39, 0.29) is 17.1 Å². The molecule has 3 aromatic rings. The van der Waals surface area contributed by atoms with Gasteiger partial charge in [-0.05, 0) is 41.9 Å². The second-order valence-electron chi connectivity index (χ2n) is 9.90. The van der Waals surface area contributed by atoms with Gasteiger partial charge in [-0.3, -0.25) is 9.89 Å². The van der Waals surface area contributed by atoms with Crippen LogP contribution in [0, 0.1) is 5.92 Å². The molecule has 1 heterocycles. The fraction of sp³-hybridized carbons (Fsp3) is 0.519. The zero-order valence-corrected chi connectivity index (χ0v) is 20.6. The Morgan fingerprint density at radius 1 is 1.18 bits per heavy atom. The van der Waals surface area contributed by atoms with Crippen LogP contribution in [-0.4, -0.2) is 33.1 Å². The van der Waals surface area contributed by atoms with E-state index in [1.807, 2.05) is 30.3 Å². The number of aryl methyl sites for hydroxylation is 1. The highest BCUT2D eigenvalue weighted by Crippen LogP contribution is 2.41.